The van der Waals surface area contributed by atoms with Gasteiger partial charge in [-0.05, 0) is 36.5 Å². The Morgan fingerprint density at radius 2 is 1.72 bits per heavy atom. The highest BCUT2D eigenvalue weighted by molar-refractivity contribution is 6.06. The molecule has 0 bridgehead atoms. The average Bonchev–Trinajstić information content (AvgIpc) is 3.09. The number of para-hydroxylation sites is 1. The Hall–Kier alpha value is -2.68. The summed E-state index contributed by atoms with van der Waals surface area (Å²) >= 11 is 0. The number of carboxylic acid groups (broad SMARTS) is 1. The van der Waals surface area contributed by atoms with Gasteiger partial charge in [-0.1, -0.05) is 55.3 Å². The summed E-state index contributed by atoms with van der Waals surface area (Å²) in [7, 11) is 0. The second-order valence-electron chi connectivity index (χ2n) is 7.35. The zero-order chi connectivity index (χ0) is 17.0. The van der Waals surface area contributed by atoms with Crippen LogP contribution in [0.2, 0.25) is 0 Å². The van der Waals surface area contributed by atoms with E-state index in [9.17, 15) is 9.90 Å². The summed E-state index contributed by atoms with van der Waals surface area (Å²) in [5.41, 5.74) is 5.56. The summed E-state index contributed by atoms with van der Waals surface area (Å²) in [4.78, 5) is 17.1. The van der Waals surface area contributed by atoms with Crippen LogP contribution in [0.1, 0.15) is 47.2 Å². The molecule has 0 aliphatic heterocycles. The molecule has 3 nitrogen and oxygen atoms in total. The van der Waals surface area contributed by atoms with E-state index in [1.54, 1.807) is 0 Å². The maximum Gasteiger partial charge on any atom is 0.336 e. The molecule has 3 heteroatoms. The summed E-state index contributed by atoms with van der Waals surface area (Å²) in [6.45, 7) is 0. The molecular weight excluding hydrogens is 310 g/mol. The van der Waals surface area contributed by atoms with Crippen molar-refractivity contribution in [2.24, 2.45) is 0 Å². The number of aromatic nitrogens is 1. The van der Waals surface area contributed by atoms with E-state index >= 15 is 0 Å². The van der Waals surface area contributed by atoms with Crippen molar-refractivity contribution in [2.75, 3.05) is 0 Å². The molecular formula is C22H19NO2. The predicted molar refractivity (Wildman–Crippen MR) is 98.0 cm³/mol. The van der Waals surface area contributed by atoms with Gasteiger partial charge in [-0.2, -0.15) is 0 Å². The second-order valence-corrected chi connectivity index (χ2v) is 7.35. The predicted octanol–water partition coefficient (Wildman–Crippen LogP) is 4.97. The van der Waals surface area contributed by atoms with Crippen LogP contribution in [0.3, 0.4) is 0 Å². The van der Waals surface area contributed by atoms with Gasteiger partial charge in [0.1, 0.15) is 0 Å². The van der Waals surface area contributed by atoms with E-state index < -0.39 is 5.97 Å². The maximum absolute atomic E-state index is 12.2. The van der Waals surface area contributed by atoms with Gasteiger partial charge in [0.15, 0.2) is 0 Å². The van der Waals surface area contributed by atoms with E-state index in [-0.39, 0.29) is 5.41 Å². The van der Waals surface area contributed by atoms with Gasteiger partial charge in [-0.15, -0.1) is 0 Å². The third-order valence-electron chi connectivity index (χ3n) is 6.04. The van der Waals surface area contributed by atoms with Crippen LogP contribution < -0.4 is 0 Å². The lowest BCUT2D eigenvalue weighted by molar-refractivity contribution is 0.0697. The number of nitrogens with zero attached hydrogens (tertiary/aromatic N) is 1. The van der Waals surface area contributed by atoms with Crippen molar-refractivity contribution in [1.82, 2.24) is 4.98 Å². The topological polar surface area (TPSA) is 50.2 Å². The molecule has 1 saturated carbocycles. The standard InChI is InChI=1S/C22H19NO2/c24-21(25)19-15-8-2-4-10-18(15)23-20-14-7-1-3-9-17(14)22(13-16(19)20)11-5-6-12-22/h1-4,7-10H,5-6,11-13H2,(H,24,25). The summed E-state index contributed by atoms with van der Waals surface area (Å²) in [5.74, 6) is -0.845. The van der Waals surface area contributed by atoms with Gasteiger partial charge in [-0.3, -0.25) is 0 Å². The fraction of sp³-hybridized carbons (Fsp3) is 0.273. The first kappa shape index (κ1) is 14.6. The first-order valence-electron chi connectivity index (χ1n) is 8.94. The van der Waals surface area contributed by atoms with E-state index in [0.717, 1.165) is 47.0 Å². The van der Waals surface area contributed by atoms with Crippen LogP contribution in [0.25, 0.3) is 22.2 Å². The molecule has 1 aromatic heterocycles. The molecule has 2 aliphatic rings. The minimum absolute atomic E-state index is 0.0813. The third-order valence-corrected chi connectivity index (χ3v) is 6.04. The molecule has 25 heavy (non-hydrogen) atoms. The number of rotatable bonds is 1. The van der Waals surface area contributed by atoms with Crippen LogP contribution >= 0.6 is 0 Å². The number of pyridine rings is 1. The van der Waals surface area contributed by atoms with Crippen molar-refractivity contribution >= 4 is 16.9 Å². The summed E-state index contributed by atoms with van der Waals surface area (Å²) in [6.07, 6.45) is 5.49. The average molecular weight is 329 g/mol. The van der Waals surface area contributed by atoms with Crippen LogP contribution in [0.4, 0.5) is 0 Å². The van der Waals surface area contributed by atoms with Crippen molar-refractivity contribution < 1.29 is 9.90 Å². The molecule has 124 valence electrons. The van der Waals surface area contributed by atoms with Crippen LogP contribution in [0.5, 0.6) is 0 Å². The Labute approximate surface area is 146 Å². The Morgan fingerprint density at radius 1 is 1.00 bits per heavy atom. The second kappa shape index (κ2) is 5.16. The monoisotopic (exact) mass is 329 g/mol. The van der Waals surface area contributed by atoms with E-state index in [1.807, 2.05) is 30.3 Å². The molecule has 1 fully saturated rings. The summed E-state index contributed by atoms with van der Waals surface area (Å²) < 4.78 is 0. The molecule has 2 aliphatic carbocycles. The molecule has 0 amide bonds. The van der Waals surface area contributed by atoms with E-state index in [2.05, 4.69) is 18.2 Å². The first-order chi connectivity index (χ1) is 12.2. The quantitative estimate of drug-likeness (QED) is 0.686. The maximum atomic E-state index is 12.2. The first-order valence-corrected chi connectivity index (χ1v) is 8.94. The van der Waals surface area contributed by atoms with Gasteiger partial charge >= 0.3 is 5.97 Å². The molecule has 1 N–H and O–H groups in total. The Kier molecular flexibility index (Phi) is 3.02. The lowest BCUT2D eigenvalue weighted by atomic mass is 9.67. The number of hydrogen-bond acceptors (Lipinski definition) is 2. The molecule has 0 radical (unpaired) electrons. The van der Waals surface area contributed by atoms with Crippen LogP contribution in [0.15, 0.2) is 48.5 Å². The molecule has 1 heterocycles. The zero-order valence-corrected chi connectivity index (χ0v) is 14.0. The Bertz CT molecular complexity index is 1020. The lowest BCUT2D eigenvalue weighted by Crippen LogP contribution is -2.31. The highest BCUT2D eigenvalue weighted by Gasteiger charge is 2.43. The number of carboxylic acids is 1. The van der Waals surface area contributed by atoms with Crippen molar-refractivity contribution in [1.29, 1.82) is 0 Å². The highest BCUT2D eigenvalue weighted by Crippen LogP contribution is 2.52. The van der Waals surface area contributed by atoms with Gasteiger partial charge in [0, 0.05) is 16.4 Å². The zero-order valence-electron chi connectivity index (χ0n) is 14.0. The minimum Gasteiger partial charge on any atom is -0.478 e. The van der Waals surface area contributed by atoms with Crippen LogP contribution in [0, 0.1) is 0 Å². The molecule has 0 atom stereocenters. The molecule has 2 aromatic carbocycles. The number of hydrogen-bond donors (Lipinski definition) is 1. The third kappa shape index (κ3) is 1.98. The van der Waals surface area contributed by atoms with Gasteiger partial charge in [-0.25, -0.2) is 9.78 Å². The molecule has 3 aromatic rings. The fourth-order valence-electron chi connectivity index (χ4n) is 4.97. The normalized spacial score (nSPS) is 17.4. The molecule has 1 spiro atoms. The number of aromatic carboxylic acids is 1. The minimum atomic E-state index is -0.845. The number of benzene rings is 2. The van der Waals surface area contributed by atoms with Gasteiger partial charge in [0.2, 0.25) is 0 Å². The number of carbonyl (C=O) groups is 1. The van der Waals surface area contributed by atoms with Crippen molar-refractivity contribution in [3.63, 3.8) is 0 Å². The fourth-order valence-corrected chi connectivity index (χ4v) is 4.97. The number of fused-ring (bicyclic) bond motifs is 5. The van der Waals surface area contributed by atoms with Gasteiger partial charge in [0.25, 0.3) is 0 Å². The molecule has 0 saturated heterocycles. The lowest BCUT2D eigenvalue weighted by Gasteiger charge is -2.37. The van der Waals surface area contributed by atoms with E-state index in [0.29, 0.717) is 5.56 Å². The van der Waals surface area contributed by atoms with Crippen LogP contribution in [-0.4, -0.2) is 16.1 Å². The van der Waals surface area contributed by atoms with Gasteiger partial charge in [0.05, 0.1) is 16.8 Å². The summed E-state index contributed by atoms with van der Waals surface area (Å²) in [6, 6.07) is 16.1. The Morgan fingerprint density at radius 3 is 2.52 bits per heavy atom. The SMILES string of the molecule is O=C(O)c1c2c(nc3ccccc13)-c1ccccc1C1(CCCC1)C2. The van der Waals surface area contributed by atoms with E-state index in [4.69, 9.17) is 4.98 Å². The smallest absolute Gasteiger partial charge is 0.336 e. The summed E-state index contributed by atoms with van der Waals surface area (Å²) in [5, 5.41) is 10.7. The van der Waals surface area contributed by atoms with Crippen molar-refractivity contribution in [3.05, 3.63) is 65.2 Å². The molecule has 5 rings (SSSR count). The highest BCUT2D eigenvalue weighted by atomic mass is 16.4. The van der Waals surface area contributed by atoms with Crippen LogP contribution in [-0.2, 0) is 11.8 Å². The molecule has 0 unspecified atom stereocenters. The van der Waals surface area contributed by atoms with Crippen molar-refractivity contribution in [2.45, 2.75) is 37.5 Å². The van der Waals surface area contributed by atoms with Gasteiger partial charge < -0.3 is 5.11 Å². The largest absolute Gasteiger partial charge is 0.478 e. The Balaban J connectivity index is 1.90. The van der Waals surface area contributed by atoms with E-state index in [1.165, 1.54) is 18.4 Å². The van der Waals surface area contributed by atoms with Crippen molar-refractivity contribution in [3.8, 4) is 11.3 Å².